The Hall–Kier alpha value is -1.18. The molecule has 1 N–H and O–H groups in total. The van der Waals surface area contributed by atoms with Crippen molar-refractivity contribution in [2.45, 2.75) is 43.8 Å². The van der Waals surface area contributed by atoms with E-state index in [1.165, 1.54) is 12.1 Å². The Balaban J connectivity index is 3.37. The zero-order valence-electron chi connectivity index (χ0n) is 12.3. The lowest BCUT2D eigenvalue weighted by Crippen LogP contribution is -2.44. The molecule has 0 unspecified atom stereocenters. The van der Waals surface area contributed by atoms with Crippen molar-refractivity contribution < 1.29 is 22.2 Å². The number of aldehydes is 1. The molecule has 20 heavy (non-hydrogen) atoms. The first-order chi connectivity index (χ1) is 8.88. The van der Waals surface area contributed by atoms with Gasteiger partial charge in [-0.3, -0.25) is 9.35 Å². The molecule has 0 atom stereocenters. The molecule has 0 spiro atoms. The number of carbonyl (C=O) groups excluding carboxylic acids is 1. The fourth-order valence-electron chi connectivity index (χ4n) is 1.31. The topological polar surface area (TPSA) is 80.7 Å². The third-order valence-electron chi connectivity index (χ3n) is 3.55. The summed E-state index contributed by atoms with van der Waals surface area (Å²) in [5.74, 6) is 0.0877. The van der Waals surface area contributed by atoms with Gasteiger partial charge in [-0.15, -0.1) is 0 Å². The van der Waals surface area contributed by atoms with Gasteiger partial charge in [0, 0.05) is 5.56 Å². The molecule has 0 aromatic heterocycles. The quantitative estimate of drug-likeness (QED) is 0.524. The molecule has 0 aliphatic rings. The maximum Gasteiger partial charge on any atom is 0.298 e. The van der Waals surface area contributed by atoms with E-state index in [2.05, 4.69) is 0 Å². The Morgan fingerprint density at radius 1 is 1.25 bits per heavy atom. The van der Waals surface area contributed by atoms with Crippen LogP contribution in [-0.4, -0.2) is 27.6 Å². The van der Waals surface area contributed by atoms with Crippen molar-refractivity contribution in [3.8, 4) is 5.75 Å². The van der Waals surface area contributed by atoms with E-state index in [-0.39, 0.29) is 21.2 Å². The van der Waals surface area contributed by atoms with Gasteiger partial charge in [-0.1, -0.05) is 20.8 Å². The summed E-state index contributed by atoms with van der Waals surface area (Å²) in [5, 5.41) is -0.118. The van der Waals surface area contributed by atoms with Crippen LogP contribution in [-0.2, 0) is 10.1 Å². The first-order valence-corrected chi connectivity index (χ1v) is 10.5. The number of hydrogen-bond acceptors (Lipinski definition) is 4. The number of hydrogen-bond donors (Lipinski definition) is 1. The third kappa shape index (κ3) is 3.68. The summed E-state index contributed by atoms with van der Waals surface area (Å²) in [5.41, 5.74) is 0.167. The van der Waals surface area contributed by atoms with Crippen molar-refractivity contribution in [3.63, 3.8) is 0 Å². The second kappa shape index (κ2) is 5.31. The van der Waals surface area contributed by atoms with E-state index in [1.54, 1.807) is 0 Å². The zero-order valence-corrected chi connectivity index (χ0v) is 14.1. The number of benzene rings is 1. The van der Waals surface area contributed by atoms with E-state index in [0.29, 0.717) is 6.29 Å². The lowest BCUT2D eigenvalue weighted by molar-refractivity contribution is 0.112. The molecule has 1 aromatic carbocycles. The SMILES string of the molecule is CC(C)(C)[Si](C)(C)Oc1ccc(C=O)cc1S(=O)(=O)O. The van der Waals surface area contributed by atoms with Crippen molar-refractivity contribution in [2.24, 2.45) is 0 Å². The highest BCUT2D eigenvalue weighted by Crippen LogP contribution is 2.39. The van der Waals surface area contributed by atoms with Gasteiger partial charge < -0.3 is 4.43 Å². The van der Waals surface area contributed by atoms with E-state index in [9.17, 15) is 17.8 Å². The summed E-state index contributed by atoms with van der Waals surface area (Å²) >= 11 is 0. The Morgan fingerprint density at radius 3 is 2.20 bits per heavy atom. The van der Waals surface area contributed by atoms with Crippen molar-refractivity contribution in [2.75, 3.05) is 0 Å². The number of carbonyl (C=O) groups is 1. The van der Waals surface area contributed by atoms with E-state index >= 15 is 0 Å². The molecule has 0 saturated heterocycles. The van der Waals surface area contributed by atoms with Gasteiger partial charge in [0.05, 0.1) is 0 Å². The van der Waals surface area contributed by atoms with E-state index < -0.39 is 18.4 Å². The minimum Gasteiger partial charge on any atom is -0.543 e. The molecule has 0 saturated carbocycles. The lowest BCUT2D eigenvalue weighted by atomic mass is 10.2. The van der Waals surface area contributed by atoms with Crippen LogP contribution in [0.2, 0.25) is 18.1 Å². The first kappa shape index (κ1) is 16.9. The van der Waals surface area contributed by atoms with Gasteiger partial charge in [0.1, 0.15) is 16.9 Å². The number of rotatable bonds is 4. The van der Waals surface area contributed by atoms with Crippen LogP contribution >= 0.6 is 0 Å². The fourth-order valence-corrected chi connectivity index (χ4v) is 3.07. The highest BCUT2D eigenvalue weighted by molar-refractivity contribution is 7.86. The Labute approximate surface area is 120 Å². The average molecular weight is 316 g/mol. The molecule has 1 aromatic rings. The smallest absolute Gasteiger partial charge is 0.298 e. The highest BCUT2D eigenvalue weighted by Gasteiger charge is 2.40. The molecule has 5 nitrogen and oxygen atoms in total. The van der Waals surface area contributed by atoms with Crippen LogP contribution in [0.15, 0.2) is 23.1 Å². The minimum absolute atomic E-state index is 0.0877. The zero-order chi connectivity index (χ0) is 15.8. The van der Waals surface area contributed by atoms with Crippen LogP contribution in [0.4, 0.5) is 0 Å². The van der Waals surface area contributed by atoms with E-state index in [1.807, 2.05) is 33.9 Å². The van der Waals surface area contributed by atoms with Gasteiger partial charge in [-0.2, -0.15) is 8.42 Å². The van der Waals surface area contributed by atoms with Gasteiger partial charge in [-0.25, -0.2) is 0 Å². The van der Waals surface area contributed by atoms with Crippen molar-refractivity contribution in [3.05, 3.63) is 23.8 Å². The van der Waals surface area contributed by atoms with Crippen LogP contribution < -0.4 is 4.43 Å². The summed E-state index contributed by atoms with van der Waals surface area (Å²) in [6.45, 7) is 9.99. The molecule has 112 valence electrons. The lowest BCUT2D eigenvalue weighted by Gasteiger charge is -2.36. The first-order valence-electron chi connectivity index (χ1n) is 6.14. The van der Waals surface area contributed by atoms with Crippen molar-refractivity contribution in [1.82, 2.24) is 0 Å². The molecule has 0 heterocycles. The van der Waals surface area contributed by atoms with Gasteiger partial charge in [0.15, 0.2) is 0 Å². The summed E-state index contributed by atoms with van der Waals surface area (Å²) in [4.78, 5) is 10.4. The predicted octanol–water partition coefficient (Wildman–Crippen LogP) is 3.13. The van der Waals surface area contributed by atoms with Crippen LogP contribution in [0.3, 0.4) is 0 Å². The molecular formula is C13H20O5SSi. The summed E-state index contributed by atoms with van der Waals surface area (Å²) in [6, 6.07) is 3.99. The highest BCUT2D eigenvalue weighted by atomic mass is 32.2. The summed E-state index contributed by atoms with van der Waals surface area (Å²) in [6.07, 6.45) is 0.519. The summed E-state index contributed by atoms with van der Waals surface area (Å²) < 4.78 is 38.1. The van der Waals surface area contributed by atoms with Gasteiger partial charge >= 0.3 is 0 Å². The van der Waals surface area contributed by atoms with Crippen molar-refractivity contribution in [1.29, 1.82) is 0 Å². The molecule has 0 bridgehead atoms. The Morgan fingerprint density at radius 2 is 1.80 bits per heavy atom. The second-order valence-corrected chi connectivity index (χ2v) is 12.3. The normalized spacial score (nSPS) is 13.1. The maximum atomic E-state index is 11.4. The summed E-state index contributed by atoms with van der Waals surface area (Å²) in [7, 11) is -6.69. The van der Waals surface area contributed by atoms with E-state index in [4.69, 9.17) is 4.43 Å². The standard InChI is InChI=1S/C13H20O5SSi/c1-13(2,3)20(4,5)18-11-7-6-10(9-14)8-12(11)19(15,16)17/h6-9H,1-5H3,(H,15,16,17). The van der Waals surface area contributed by atoms with Crippen LogP contribution in [0.5, 0.6) is 5.75 Å². The molecule has 0 radical (unpaired) electrons. The molecule has 1 rings (SSSR count). The molecule has 0 amide bonds. The Kier molecular flexibility index (Phi) is 4.48. The molecular weight excluding hydrogens is 296 g/mol. The third-order valence-corrected chi connectivity index (χ3v) is 8.77. The van der Waals surface area contributed by atoms with Crippen LogP contribution in [0.1, 0.15) is 31.1 Å². The molecule has 0 aliphatic heterocycles. The molecule has 7 heteroatoms. The van der Waals surface area contributed by atoms with E-state index in [0.717, 1.165) is 6.07 Å². The second-order valence-electron chi connectivity index (χ2n) is 6.16. The van der Waals surface area contributed by atoms with Crippen molar-refractivity contribution >= 4 is 24.7 Å². The van der Waals surface area contributed by atoms with Gasteiger partial charge in [0.2, 0.25) is 0 Å². The largest absolute Gasteiger partial charge is 0.543 e. The van der Waals surface area contributed by atoms with Crippen LogP contribution in [0, 0.1) is 0 Å². The monoisotopic (exact) mass is 316 g/mol. The van der Waals surface area contributed by atoms with Gasteiger partial charge in [0.25, 0.3) is 18.4 Å². The average Bonchev–Trinajstić information content (AvgIpc) is 2.26. The maximum absolute atomic E-state index is 11.4. The fraction of sp³-hybridized carbons (Fsp3) is 0.462. The molecule has 0 aliphatic carbocycles. The predicted molar refractivity (Wildman–Crippen MR) is 79.5 cm³/mol. The molecule has 0 fully saturated rings. The Bertz CT molecular complexity index is 614. The minimum atomic E-state index is -4.45. The van der Waals surface area contributed by atoms with Crippen LogP contribution in [0.25, 0.3) is 0 Å². The van der Waals surface area contributed by atoms with Gasteiger partial charge in [-0.05, 0) is 36.3 Å².